The van der Waals surface area contributed by atoms with Gasteiger partial charge >= 0.3 is 0 Å². The molecule has 29 heavy (non-hydrogen) atoms. The number of nitrogens with zero attached hydrogens (tertiary/aromatic N) is 2. The van der Waals surface area contributed by atoms with Gasteiger partial charge in [0.05, 0.1) is 36.6 Å². The number of rotatable bonds is 8. The predicted octanol–water partition coefficient (Wildman–Crippen LogP) is 4.22. The first-order valence-electron chi connectivity index (χ1n) is 9.18. The Bertz CT molecular complexity index is 1070. The smallest absolute Gasteiger partial charge is 0.283 e. The molecule has 0 spiro atoms. The van der Waals surface area contributed by atoms with Gasteiger partial charge in [-0.1, -0.05) is 17.4 Å². The highest BCUT2D eigenvalue weighted by molar-refractivity contribution is 7.98. The highest BCUT2D eigenvalue weighted by Crippen LogP contribution is 2.31. The lowest BCUT2D eigenvalue weighted by molar-refractivity contribution is 0.0994. The molecule has 154 valence electrons. The van der Waals surface area contributed by atoms with Crippen LogP contribution in [0.1, 0.15) is 17.3 Å². The Morgan fingerprint density at radius 1 is 1.21 bits per heavy atom. The molecule has 1 aromatic heterocycles. The third-order valence-corrected chi connectivity index (χ3v) is 5.95. The van der Waals surface area contributed by atoms with Crippen molar-refractivity contribution in [2.24, 2.45) is 4.99 Å². The zero-order chi connectivity index (χ0) is 20.8. The lowest BCUT2D eigenvalue weighted by Crippen LogP contribution is -2.18. The van der Waals surface area contributed by atoms with E-state index in [9.17, 15) is 4.79 Å². The first kappa shape index (κ1) is 21.3. The first-order chi connectivity index (χ1) is 14.1. The molecule has 0 saturated heterocycles. The average molecular weight is 433 g/mol. The van der Waals surface area contributed by atoms with E-state index in [1.54, 1.807) is 37.1 Å². The van der Waals surface area contributed by atoms with Crippen LogP contribution in [-0.2, 0) is 6.54 Å². The van der Waals surface area contributed by atoms with Gasteiger partial charge in [0.25, 0.3) is 5.91 Å². The summed E-state index contributed by atoms with van der Waals surface area (Å²) in [5.74, 6) is 2.25. The maximum atomic E-state index is 13.0. The number of aryl methyl sites for hydroxylation is 1. The lowest BCUT2D eigenvalue weighted by Gasteiger charge is -2.10. The van der Waals surface area contributed by atoms with Crippen LogP contribution in [0, 0.1) is 0 Å². The molecule has 0 aliphatic heterocycles. The van der Waals surface area contributed by atoms with Crippen LogP contribution in [0.25, 0.3) is 10.2 Å². The number of aromatic nitrogens is 1. The number of benzene rings is 2. The number of fused-ring (bicyclic) bond motifs is 1. The maximum Gasteiger partial charge on any atom is 0.283 e. The number of para-hydroxylation sites is 1. The van der Waals surface area contributed by atoms with E-state index in [4.69, 9.17) is 14.2 Å². The third-order valence-electron chi connectivity index (χ3n) is 4.31. The number of methoxy groups -OCH3 is 2. The van der Waals surface area contributed by atoms with Crippen molar-refractivity contribution < 1.29 is 19.0 Å². The third kappa shape index (κ3) is 4.59. The average Bonchev–Trinajstić information content (AvgIpc) is 3.07. The predicted molar refractivity (Wildman–Crippen MR) is 119 cm³/mol. The minimum Gasteiger partial charge on any atom is -0.494 e. The molecule has 3 aromatic rings. The molecule has 0 radical (unpaired) electrons. The zero-order valence-electron chi connectivity index (χ0n) is 16.9. The summed E-state index contributed by atoms with van der Waals surface area (Å²) in [5.41, 5.74) is 1.41. The Labute approximate surface area is 178 Å². The van der Waals surface area contributed by atoms with E-state index in [0.29, 0.717) is 28.5 Å². The molecule has 0 saturated carbocycles. The van der Waals surface area contributed by atoms with E-state index in [0.717, 1.165) is 28.3 Å². The minimum atomic E-state index is -0.366. The maximum absolute atomic E-state index is 13.0. The van der Waals surface area contributed by atoms with Gasteiger partial charge in [-0.15, -0.1) is 0 Å². The van der Waals surface area contributed by atoms with Crippen molar-refractivity contribution in [3.63, 3.8) is 0 Å². The highest BCUT2D eigenvalue weighted by Gasteiger charge is 2.17. The molecule has 0 bridgehead atoms. The largest absolute Gasteiger partial charge is 0.494 e. The van der Waals surface area contributed by atoms with Crippen LogP contribution in [0.5, 0.6) is 17.2 Å². The van der Waals surface area contributed by atoms with Crippen molar-refractivity contribution in [2.45, 2.75) is 13.5 Å². The molecule has 3 rings (SSSR count). The normalized spacial score (nSPS) is 11.7. The van der Waals surface area contributed by atoms with Crippen molar-refractivity contribution in [2.75, 3.05) is 32.8 Å². The Morgan fingerprint density at radius 3 is 2.72 bits per heavy atom. The van der Waals surface area contributed by atoms with Gasteiger partial charge in [0.15, 0.2) is 16.3 Å². The van der Waals surface area contributed by atoms with E-state index < -0.39 is 0 Å². The Balaban J connectivity index is 2.12. The van der Waals surface area contributed by atoms with E-state index in [2.05, 4.69) is 15.8 Å². The second-order valence-corrected chi connectivity index (χ2v) is 8.04. The summed E-state index contributed by atoms with van der Waals surface area (Å²) >= 11 is 3.23. The van der Waals surface area contributed by atoms with Crippen LogP contribution in [0.4, 0.5) is 0 Å². The van der Waals surface area contributed by atoms with E-state index in [1.807, 2.05) is 25.1 Å². The fraction of sp³-hybridized carbons (Fsp3) is 0.333. The van der Waals surface area contributed by atoms with E-state index in [1.165, 1.54) is 18.4 Å². The van der Waals surface area contributed by atoms with Gasteiger partial charge < -0.3 is 18.8 Å². The Hall–Kier alpha value is -2.45. The number of ether oxygens (including phenoxy) is 3. The van der Waals surface area contributed by atoms with Gasteiger partial charge in [-0.25, -0.2) is 0 Å². The fourth-order valence-electron chi connectivity index (χ4n) is 3.00. The molecule has 8 heteroatoms. The minimum absolute atomic E-state index is 0.366. The Kier molecular flexibility index (Phi) is 7.22. The Morgan fingerprint density at radius 2 is 2.03 bits per heavy atom. The van der Waals surface area contributed by atoms with Gasteiger partial charge in [-0.05, 0) is 43.5 Å². The van der Waals surface area contributed by atoms with Crippen LogP contribution in [0.2, 0.25) is 0 Å². The summed E-state index contributed by atoms with van der Waals surface area (Å²) in [7, 11) is 3.06. The molecular formula is C21H24N2O4S2. The number of thiazole rings is 1. The van der Waals surface area contributed by atoms with Crippen molar-refractivity contribution >= 4 is 39.2 Å². The van der Waals surface area contributed by atoms with Gasteiger partial charge in [-0.3, -0.25) is 4.79 Å². The van der Waals surface area contributed by atoms with E-state index >= 15 is 0 Å². The molecule has 0 aliphatic rings. The monoisotopic (exact) mass is 432 g/mol. The first-order valence-corrected chi connectivity index (χ1v) is 11.4. The van der Waals surface area contributed by atoms with Crippen molar-refractivity contribution in [3.8, 4) is 17.2 Å². The number of amides is 1. The van der Waals surface area contributed by atoms with Crippen LogP contribution in [0.3, 0.4) is 0 Å². The molecule has 1 amide bonds. The number of hydrogen-bond acceptors (Lipinski definition) is 6. The van der Waals surface area contributed by atoms with Gasteiger partial charge in [-0.2, -0.15) is 16.8 Å². The van der Waals surface area contributed by atoms with Crippen LogP contribution in [-0.4, -0.2) is 43.3 Å². The number of hydrogen-bond donors (Lipinski definition) is 0. The van der Waals surface area contributed by atoms with Gasteiger partial charge in [0, 0.05) is 12.3 Å². The standard InChI is InChI=1S/C21H24N2O4S2/c1-5-27-14-9-10-16-18(13-14)29-21(23(16)11-12-28-4)22-20(24)15-7-6-8-17(25-2)19(15)26-3/h6-10,13H,5,11-12H2,1-4H3. The van der Waals surface area contributed by atoms with Crippen LogP contribution >= 0.6 is 23.1 Å². The van der Waals surface area contributed by atoms with Gasteiger partial charge in [0.2, 0.25) is 0 Å². The summed E-state index contributed by atoms with van der Waals surface area (Å²) in [4.78, 5) is 18.1. The molecule has 0 unspecified atom stereocenters. The van der Waals surface area contributed by atoms with Crippen LogP contribution < -0.4 is 19.0 Å². The molecule has 0 N–H and O–H groups in total. The molecule has 2 aromatic carbocycles. The zero-order valence-corrected chi connectivity index (χ0v) is 18.6. The summed E-state index contributed by atoms with van der Waals surface area (Å²) in [6.07, 6.45) is 2.06. The second-order valence-electron chi connectivity index (χ2n) is 6.05. The van der Waals surface area contributed by atoms with Crippen LogP contribution in [0.15, 0.2) is 41.4 Å². The molecule has 0 aliphatic carbocycles. The molecule has 1 heterocycles. The van der Waals surface area contributed by atoms with E-state index in [-0.39, 0.29) is 5.91 Å². The van der Waals surface area contributed by atoms with Crippen molar-refractivity contribution in [1.82, 2.24) is 4.57 Å². The summed E-state index contributed by atoms with van der Waals surface area (Å²) in [6.45, 7) is 3.32. The lowest BCUT2D eigenvalue weighted by atomic mass is 10.2. The van der Waals surface area contributed by atoms with Gasteiger partial charge in [0.1, 0.15) is 5.75 Å². The number of thioether (sulfide) groups is 1. The second kappa shape index (κ2) is 9.84. The molecule has 0 atom stereocenters. The topological polar surface area (TPSA) is 62.1 Å². The summed E-state index contributed by atoms with van der Waals surface area (Å²) < 4.78 is 19.4. The fourth-order valence-corrected chi connectivity index (χ4v) is 4.44. The summed E-state index contributed by atoms with van der Waals surface area (Å²) in [6, 6.07) is 11.2. The van der Waals surface area contributed by atoms with Crippen molar-refractivity contribution in [3.05, 3.63) is 46.8 Å². The number of carbonyl (C=O) groups excluding carboxylic acids is 1. The molecular weight excluding hydrogens is 408 g/mol. The molecule has 0 fully saturated rings. The molecule has 6 nitrogen and oxygen atoms in total. The highest BCUT2D eigenvalue weighted by atomic mass is 32.2. The summed E-state index contributed by atoms with van der Waals surface area (Å²) in [5, 5.41) is 0. The SMILES string of the molecule is CCOc1ccc2c(c1)sc(=NC(=O)c1cccc(OC)c1OC)n2CCSC. The quantitative estimate of drug-likeness (QED) is 0.533. The van der Waals surface area contributed by atoms with Crippen molar-refractivity contribution in [1.29, 1.82) is 0 Å². The number of carbonyl (C=O) groups is 1.